The van der Waals surface area contributed by atoms with E-state index in [1.54, 1.807) is 13.8 Å². The highest BCUT2D eigenvalue weighted by atomic mass is 16.5. The maximum absolute atomic E-state index is 13.1. The smallest absolute Gasteiger partial charge is 0.171 e. The van der Waals surface area contributed by atoms with E-state index in [1.807, 2.05) is 13.8 Å². The molecule has 6 heteroatoms. The number of aliphatic hydroxyl groups is 4. The van der Waals surface area contributed by atoms with Crippen molar-refractivity contribution >= 4 is 5.78 Å². The van der Waals surface area contributed by atoms with Crippen molar-refractivity contribution in [3.05, 3.63) is 12.7 Å². The van der Waals surface area contributed by atoms with E-state index < -0.39 is 58.1 Å². The van der Waals surface area contributed by atoms with E-state index in [9.17, 15) is 25.2 Å². The molecule has 0 radical (unpaired) electrons. The van der Waals surface area contributed by atoms with Crippen LogP contribution in [0.5, 0.6) is 0 Å². The van der Waals surface area contributed by atoms with Gasteiger partial charge in [0.2, 0.25) is 0 Å². The van der Waals surface area contributed by atoms with Gasteiger partial charge in [0, 0.05) is 17.8 Å². The summed E-state index contributed by atoms with van der Waals surface area (Å²) in [5.74, 6) is -1.14. The fourth-order valence-electron chi connectivity index (χ4n) is 5.74. The molecule has 1 aliphatic heterocycles. The Kier molecular flexibility index (Phi) is 4.07. The van der Waals surface area contributed by atoms with E-state index in [0.29, 0.717) is 12.8 Å². The number of carbonyl (C=O) groups is 1. The Bertz CT molecular complexity index is 603. The van der Waals surface area contributed by atoms with E-state index in [1.165, 1.54) is 6.08 Å². The lowest BCUT2D eigenvalue weighted by Crippen LogP contribution is -2.81. The van der Waals surface area contributed by atoms with Crippen LogP contribution in [-0.2, 0) is 9.53 Å². The van der Waals surface area contributed by atoms with Crippen LogP contribution in [0, 0.1) is 16.7 Å². The van der Waals surface area contributed by atoms with Gasteiger partial charge in [-0.3, -0.25) is 4.79 Å². The van der Waals surface area contributed by atoms with Crippen LogP contribution >= 0.6 is 0 Å². The second-order valence-corrected chi connectivity index (χ2v) is 9.21. The SMILES string of the molecule is C=C[C@@]1(C)CC(=O)[C@@]2(O)[C@H](O1)C(O)C(O)[C@H]1C(C)(C)CC[C@H](O)C12C. The molecule has 6 nitrogen and oxygen atoms in total. The molecule has 1 heterocycles. The predicted molar refractivity (Wildman–Crippen MR) is 90.7 cm³/mol. The van der Waals surface area contributed by atoms with Gasteiger partial charge in [0.1, 0.15) is 12.2 Å². The quantitative estimate of drug-likeness (QED) is 0.513. The third-order valence-corrected chi connectivity index (χ3v) is 7.24. The molecule has 0 bridgehead atoms. The molecule has 0 amide bonds. The number of rotatable bonds is 1. The highest BCUT2D eigenvalue weighted by Crippen LogP contribution is 2.63. The van der Waals surface area contributed by atoms with Gasteiger partial charge in [-0.15, -0.1) is 6.58 Å². The molecule has 1 saturated heterocycles. The van der Waals surface area contributed by atoms with Crippen LogP contribution in [0.3, 0.4) is 0 Å². The summed E-state index contributed by atoms with van der Waals surface area (Å²) in [7, 11) is 0. The molecular weight excluding hydrogens is 324 g/mol. The van der Waals surface area contributed by atoms with Crippen molar-refractivity contribution in [3.63, 3.8) is 0 Å². The minimum atomic E-state index is -2.07. The summed E-state index contributed by atoms with van der Waals surface area (Å²) >= 11 is 0. The molecule has 142 valence electrons. The summed E-state index contributed by atoms with van der Waals surface area (Å²) in [5.41, 5.74) is -4.89. The summed E-state index contributed by atoms with van der Waals surface area (Å²) < 4.78 is 5.90. The average Bonchev–Trinajstić information content (AvgIpc) is 2.52. The number of hydrogen-bond donors (Lipinski definition) is 4. The van der Waals surface area contributed by atoms with Crippen LogP contribution in [0.1, 0.15) is 47.0 Å². The average molecular weight is 354 g/mol. The van der Waals surface area contributed by atoms with Gasteiger partial charge < -0.3 is 25.2 Å². The summed E-state index contributed by atoms with van der Waals surface area (Å²) in [5, 5.41) is 44.1. The number of aliphatic hydroxyl groups excluding tert-OH is 3. The first-order chi connectivity index (χ1) is 11.3. The first-order valence-electron chi connectivity index (χ1n) is 8.96. The van der Waals surface area contributed by atoms with Gasteiger partial charge in [-0.1, -0.05) is 26.8 Å². The molecule has 0 aromatic rings. The Morgan fingerprint density at radius 1 is 1.16 bits per heavy atom. The standard InChI is InChI=1S/C19H30O6/c1-6-17(4)9-11(21)19(24)15(25-17)13(23)12(22)14-16(2,3)8-7-10(20)18(14,19)5/h6,10,12-15,20,22-24H,1,7-9H2,2-5H3/t10-,12?,13?,14-,15+,17-,18?,19+/m0/s1. The van der Waals surface area contributed by atoms with Crippen LogP contribution in [0.2, 0.25) is 0 Å². The van der Waals surface area contributed by atoms with Gasteiger partial charge in [0.05, 0.1) is 17.8 Å². The van der Waals surface area contributed by atoms with Crippen molar-refractivity contribution in [2.24, 2.45) is 16.7 Å². The molecule has 4 N–H and O–H groups in total. The van der Waals surface area contributed by atoms with Crippen molar-refractivity contribution in [2.75, 3.05) is 0 Å². The topological polar surface area (TPSA) is 107 Å². The molecule has 0 aromatic heterocycles. The highest BCUT2D eigenvalue weighted by molar-refractivity contribution is 5.91. The molecule has 3 aliphatic rings. The summed E-state index contributed by atoms with van der Waals surface area (Å²) in [6, 6.07) is 0. The van der Waals surface area contributed by atoms with Gasteiger partial charge in [0.15, 0.2) is 11.4 Å². The number of fused-ring (bicyclic) bond motifs is 3. The Hall–Kier alpha value is -0.790. The first-order valence-corrected chi connectivity index (χ1v) is 8.96. The lowest BCUT2D eigenvalue weighted by Gasteiger charge is -2.67. The fourth-order valence-corrected chi connectivity index (χ4v) is 5.74. The fraction of sp³-hybridized carbons (Fsp3) is 0.842. The van der Waals surface area contributed by atoms with Crippen LogP contribution in [0.25, 0.3) is 0 Å². The van der Waals surface area contributed by atoms with Crippen molar-refractivity contribution in [1.29, 1.82) is 0 Å². The molecule has 3 unspecified atom stereocenters. The van der Waals surface area contributed by atoms with Crippen molar-refractivity contribution in [3.8, 4) is 0 Å². The van der Waals surface area contributed by atoms with E-state index >= 15 is 0 Å². The number of Topliss-reactive ketones (excluding diaryl/α,β-unsaturated/α-hetero) is 1. The number of carbonyl (C=O) groups excluding carboxylic acids is 1. The predicted octanol–water partition coefficient (Wildman–Crippen LogP) is 0.559. The Morgan fingerprint density at radius 2 is 1.76 bits per heavy atom. The molecule has 2 aliphatic carbocycles. The number of hydrogen-bond acceptors (Lipinski definition) is 6. The van der Waals surface area contributed by atoms with Gasteiger partial charge in [-0.05, 0) is 25.2 Å². The van der Waals surface area contributed by atoms with E-state index in [-0.39, 0.29) is 6.42 Å². The van der Waals surface area contributed by atoms with Crippen LogP contribution in [-0.4, -0.2) is 61.8 Å². The minimum Gasteiger partial charge on any atom is -0.392 e. The number of ether oxygens (including phenoxy) is 1. The summed E-state index contributed by atoms with van der Waals surface area (Å²) in [6.45, 7) is 10.8. The van der Waals surface area contributed by atoms with E-state index in [0.717, 1.165) is 0 Å². The zero-order valence-corrected chi connectivity index (χ0v) is 15.4. The largest absolute Gasteiger partial charge is 0.392 e. The molecule has 3 rings (SSSR count). The first kappa shape index (κ1) is 19.0. The van der Waals surface area contributed by atoms with Gasteiger partial charge in [-0.2, -0.15) is 0 Å². The highest BCUT2D eigenvalue weighted by Gasteiger charge is 2.75. The molecule has 0 aromatic carbocycles. The molecule has 2 saturated carbocycles. The van der Waals surface area contributed by atoms with Gasteiger partial charge in [0.25, 0.3) is 0 Å². The van der Waals surface area contributed by atoms with Crippen LogP contribution < -0.4 is 0 Å². The zero-order chi connectivity index (χ0) is 19.0. The molecular formula is C19H30O6. The van der Waals surface area contributed by atoms with Crippen LogP contribution in [0.15, 0.2) is 12.7 Å². The molecule has 8 atom stereocenters. The van der Waals surface area contributed by atoms with Crippen molar-refractivity contribution < 1.29 is 30.0 Å². The molecule has 25 heavy (non-hydrogen) atoms. The zero-order valence-electron chi connectivity index (χ0n) is 15.4. The molecule has 0 spiro atoms. The minimum absolute atomic E-state index is 0.0955. The van der Waals surface area contributed by atoms with Gasteiger partial charge in [-0.25, -0.2) is 0 Å². The lowest BCUT2D eigenvalue weighted by atomic mass is 9.42. The van der Waals surface area contributed by atoms with Crippen molar-refractivity contribution in [1.82, 2.24) is 0 Å². The summed E-state index contributed by atoms with van der Waals surface area (Å²) in [6.07, 6.45) is -2.56. The third-order valence-electron chi connectivity index (χ3n) is 7.24. The Balaban J connectivity index is 2.21. The summed E-state index contributed by atoms with van der Waals surface area (Å²) in [4.78, 5) is 13.1. The Morgan fingerprint density at radius 3 is 2.32 bits per heavy atom. The van der Waals surface area contributed by atoms with E-state index in [4.69, 9.17) is 4.74 Å². The number of ketones is 1. The second-order valence-electron chi connectivity index (χ2n) is 9.21. The monoisotopic (exact) mass is 354 g/mol. The maximum atomic E-state index is 13.1. The second kappa shape index (κ2) is 5.36. The maximum Gasteiger partial charge on any atom is 0.171 e. The Labute approximate surface area is 148 Å². The molecule has 3 fully saturated rings. The van der Waals surface area contributed by atoms with Gasteiger partial charge >= 0.3 is 0 Å². The third kappa shape index (κ3) is 2.18. The normalized spacial score (nSPS) is 55.2. The lowest BCUT2D eigenvalue weighted by molar-refractivity contribution is -0.334. The van der Waals surface area contributed by atoms with Crippen LogP contribution in [0.4, 0.5) is 0 Å². The van der Waals surface area contributed by atoms with E-state index in [2.05, 4.69) is 6.58 Å². The van der Waals surface area contributed by atoms with Crippen molar-refractivity contribution in [2.45, 2.75) is 82.6 Å².